The Labute approximate surface area is 223 Å². The molecule has 3 aliphatic rings. The molecule has 8 nitrogen and oxygen atoms in total. The molecule has 0 amide bonds. The number of methoxy groups -OCH3 is 1. The Morgan fingerprint density at radius 3 is 2.67 bits per heavy atom. The van der Waals surface area contributed by atoms with Gasteiger partial charge < -0.3 is 24.3 Å². The smallest absolute Gasteiger partial charge is 0.164 e. The average Bonchev–Trinajstić information content (AvgIpc) is 3.49. The average molecular weight is 576 g/mol. The predicted molar refractivity (Wildman–Crippen MR) is 142 cm³/mol. The number of nitrogens with zero attached hydrogens (tertiary/aromatic N) is 3. The summed E-state index contributed by atoms with van der Waals surface area (Å²) in [6.45, 7) is 3.41. The van der Waals surface area contributed by atoms with Gasteiger partial charge in [0.25, 0.3) is 0 Å². The third-order valence-corrected chi connectivity index (χ3v) is 8.46. The monoisotopic (exact) mass is 574 g/mol. The summed E-state index contributed by atoms with van der Waals surface area (Å²) in [6, 6.07) is 9.73. The molecule has 1 aromatic heterocycles. The fourth-order valence-corrected chi connectivity index (χ4v) is 5.82. The summed E-state index contributed by atoms with van der Waals surface area (Å²) < 4.78 is 25.4. The van der Waals surface area contributed by atoms with E-state index in [1.54, 1.807) is 7.11 Å². The van der Waals surface area contributed by atoms with Gasteiger partial charge in [0.05, 0.1) is 36.9 Å². The molecule has 6 rings (SSSR count). The normalized spacial score (nSPS) is 26.2. The van der Waals surface area contributed by atoms with Crippen molar-refractivity contribution in [2.75, 3.05) is 38.7 Å². The van der Waals surface area contributed by atoms with E-state index in [1.165, 1.54) is 25.6 Å². The topological polar surface area (TPSA) is 78.0 Å². The second-order valence-corrected chi connectivity index (χ2v) is 10.7. The molecule has 4 heterocycles. The van der Waals surface area contributed by atoms with Crippen LogP contribution < -0.4 is 14.8 Å². The zero-order valence-corrected chi connectivity index (χ0v) is 22.3. The molecule has 3 aromatic rings. The van der Waals surface area contributed by atoms with E-state index in [4.69, 9.17) is 30.5 Å². The molecule has 190 valence electrons. The Kier molecular flexibility index (Phi) is 6.92. The highest BCUT2D eigenvalue weighted by Crippen LogP contribution is 2.39. The first kappa shape index (κ1) is 24.2. The summed E-state index contributed by atoms with van der Waals surface area (Å²) in [4.78, 5) is 11.4. The van der Waals surface area contributed by atoms with E-state index in [9.17, 15) is 0 Å². The van der Waals surface area contributed by atoms with E-state index >= 15 is 0 Å². The van der Waals surface area contributed by atoms with Crippen molar-refractivity contribution in [1.82, 2.24) is 14.9 Å². The molecule has 1 unspecified atom stereocenters. The van der Waals surface area contributed by atoms with Crippen molar-refractivity contribution >= 4 is 49.9 Å². The summed E-state index contributed by atoms with van der Waals surface area (Å²) in [5, 5.41) is 4.75. The van der Waals surface area contributed by atoms with Crippen LogP contribution in [-0.2, 0) is 9.47 Å². The molecule has 0 saturated carbocycles. The lowest BCUT2D eigenvalue weighted by molar-refractivity contribution is 0.0192. The van der Waals surface area contributed by atoms with Crippen molar-refractivity contribution in [3.63, 3.8) is 0 Å². The molecule has 0 bridgehead atoms. The van der Waals surface area contributed by atoms with Crippen molar-refractivity contribution in [1.29, 1.82) is 0 Å². The second-order valence-electron chi connectivity index (χ2n) is 9.41. The van der Waals surface area contributed by atoms with E-state index < -0.39 is 0 Å². The van der Waals surface area contributed by atoms with Crippen molar-refractivity contribution in [3.05, 3.63) is 46.2 Å². The third kappa shape index (κ3) is 4.63. The first-order valence-corrected chi connectivity index (χ1v) is 13.5. The fraction of sp³-hybridized carbons (Fsp3) is 0.462. The van der Waals surface area contributed by atoms with E-state index in [-0.39, 0.29) is 18.3 Å². The van der Waals surface area contributed by atoms with Gasteiger partial charge in [-0.05, 0) is 66.1 Å². The number of aromatic nitrogens is 2. The van der Waals surface area contributed by atoms with E-state index in [0.29, 0.717) is 41.6 Å². The number of hydrogen-bond acceptors (Lipinski definition) is 8. The van der Waals surface area contributed by atoms with Crippen molar-refractivity contribution in [3.8, 4) is 11.5 Å². The number of ether oxygens (including phenoxy) is 4. The number of likely N-dealkylation sites (tertiary alicyclic amines) is 1. The molecule has 0 spiro atoms. The minimum absolute atomic E-state index is 0.0374. The maximum Gasteiger partial charge on any atom is 0.164 e. The zero-order chi connectivity index (χ0) is 24.6. The van der Waals surface area contributed by atoms with Gasteiger partial charge in [0.15, 0.2) is 17.6 Å². The Balaban J connectivity index is 1.23. The lowest BCUT2D eigenvalue weighted by Gasteiger charge is -2.33. The van der Waals surface area contributed by atoms with Gasteiger partial charge in [0, 0.05) is 21.6 Å². The number of piperidine rings is 1. The number of fused-ring (bicyclic) bond motifs is 2. The van der Waals surface area contributed by atoms with Crippen LogP contribution in [0.15, 0.2) is 41.1 Å². The lowest BCUT2D eigenvalue weighted by Crippen LogP contribution is -2.47. The maximum absolute atomic E-state index is 6.45. The first-order valence-electron chi connectivity index (χ1n) is 12.3. The number of anilines is 2. The Hall–Kier alpha value is -2.17. The van der Waals surface area contributed by atoms with Crippen LogP contribution in [0.2, 0.25) is 5.02 Å². The largest absolute Gasteiger partial charge is 0.493 e. The molecule has 3 aliphatic heterocycles. The summed E-state index contributed by atoms with van der Waals surface area (Å²) >= 11 is 9.68. The molecule has 3 saturated heterocycles. The van der Waals surface area contributed by atoms with Gasteiger partial charge in [-0.2, -0.15) is 0 Å². The lowest BCUT2D eigenvalue weighted by atomic mass is 10.0. The standard InChI is InChI=1S/C26H28BrClN4O4/c1-33-21-10-16-19(29-14-30-26(16)31-15-5-6-17(27)18(28)9-15)11-22(21)36-23-13-35-24-20(12-34-25(23)24)32-7-3-2-4-8-32/h5-6,9-11,14,20,23-25H,2-4,7-8,12-13H2,1H3,(H,29,30,31)/t20-,23?,24+,25+/m1/s1. The molecular weight excluding hydrogens is 548 g/mol. The van der Waals surface area contributed by atoms with Crippen LogP contribution in [-0.4, -0.2) is 72.6 Å². The first-order chi connectivity index (χ1) is 17.6. The molecule has 10 heteroatoms. The van der Waals surface area contributed by atoms with E-state index in [1.807, 2.05) is 30.3 Å². The Morgan fingerprint density at radius 1 is 1.03 bits per heavy atom. The molecule has 0 aliphatic carbocycles. The molecule has 0 radical (unpaired) electrons. The minimum atomic E-state index is -0.208. The van der Waals surface area contributed by atoms with Crippen LogP contribution in [0.25, 0.3) is 10.9 Å². The van der Waals surface area contributed by atoms with Crippen LogP contribution in [0.1, 0.15) is 19.3 Å². The molecule has 1 N–H and O–H groups in total. The van der Waals surface area contributed by atoms with Crippen LogP contribution >= 0.6 is 27.5 Å². The fourth-order valence-electron chi connectivity index (χ4n) is 5.40. The van der Waals surface area contributed by atoms with Crippen LogP contribution in [0.3, 0.4) is 0 Å². The van der Waals surface area contributed by atoms with Crippen LogP contribution in [0, 0.1) is 0 Å². The van der Waals surface area contributed by atoms with Crippen LogP contribution in [0.5, 0.6) is 11.5 Å². The van der Waals surface area contributed by atoms with Crippen molar-refractivity contribution in [2.45, 2.75) is 43.6 Å². The molecule has 36 heavy (non-hydrogen) atoms. The summed E-state index contributed by atoms with van der Waals surface area (Å²) in [6.07, 6.45) is 5.06. The summed E-state index contributed by atoms with van der Waals surface area (Å²) in [7, 11) is 1.63. The van der Waals surface area contributed by atoms with Gasteiger partial charge in [0.1, 0.15) is 24.4 Å². The Bertz CT molecular complexity index is 1260. The number of halogens is 2. The molecule has 3 fully saturated rings. The van der Waals surface area contributed by atoms with Gasteiger partial charge in [-0.15, -0.1) is 0 Å². The molecular formula is C26H28BrClN4O4. The highest BCUT2D eigenvalue weighted by atomic mass is 79.9. The number of benzene rings is 2. The molecule has 4 atom stereocenters. The van der Waals surface area contributed by atoms with Crippen molar-refractivity contribution in [2.24, 2.45) is 0 Å². The van der Waals surface area contributed by atoms with Gasteiger partial charge in [-0.25, -0.2) is 9.97 Å². The summed E-state index contributed by atoms with van der Waals surface area (Å²) in [5.41, 5.74) is 1.55. The number of hydrogen-bond donors (Lipinski definition) is 1. The van der Waals surface area contributed by atoms with Crippen molar-refractivity contribution < 1.29 is 18.9 Å². The zero-order valence-electron chi connectivity index (χ0n) is 20.0. The highest BCUT2D eigenvalue weighted by molar-refractivity contribution is 9.10. The van der Waals surface area contributed by atoms with E-state index in [2.05, 4.69) is 36.1 Å². The molecule has 2 aromatic carbocycles. The number of rotatable bonds is 6. The minimum Gasteiger partial charge on any atom is -0.493 e. The third-order valence-electron chi connectivity index (χ3n) is 7.22. The predicted octanol–water partition coefficient (Wildman–Crippen LogP) is 5.20. The van der Waals surface area contributed by atoms with Gasteiger partial charge in [-0.1, -0.05) is 18.0 Å². The van der Waals surface area contributed by atoms with Crippen LogP contribution in [0.4, 0.5) is 11.5 Å². The maximum atomic E-state index is 6.45. The SMILES string of the molecule is COc1cc2c(Nc3ccc(Br)c(Cl)c3)ncnc2cc1OC1CO[C@H]2[C@H](N3CCCCC3)CO[C@@H]12. The van der Waals surface area contributed by atoms with E-state index in [0.717, 1.165) is 34.2 Å². The van der Waals surface area contributed by atoms with Gasteiger partial charge in [0.2, 0.25) is 0 Å². The van der Waals surface area contributed by atoms with Gasteiger partial charge >= 0.3 is 0 Å². The Morgan fingerprint density at radius 2 is 1.86 bits per heavy atom. The highest BCUT2D eigenvalue weighted by Gasteiger charge is 2.50. The quantitative estimate of drug-likeness (QED) is 0.430. The number of nitrogens with one attached hydrogen (secondary N) is 1. The second kappa shape index (κ2) is 10.3. The summed E-state index contributed by atoms with van der Waals surface area (Å²) in [5.74, 6) is 1.86. The van der Waals surface area contributed by atoms with Gasteiger partial charge in [-0.3, -0.25) is 4.90 Å².